The number of H-pyrrole nitrogens is 1. The van der Waals surface area contributed by atoms with E-state index in [1.54, 1.807) is 6.07 Å². The molecule has 0 aliphatic carbocycles. The molecule has 1 aliphatic heterocycles. The maximum Gasteiger partial charge on any atom is 0.270 e. The number of amides is 1. The summed E-state index contributed by atoms with van der Waals surface area (Å²) in [5.74, 6) is 0.602. The van der Waals surface area contributed by atoms with Gasteiger partial charge in [-0.3, -0.25) is 14.0 Å². The number of pyridine rings is 1. The molecule has 0 bridgehead atoms. The first-order valence-corrected chi connectivity index (χ1v) is 9.18. The van der Waals surface area contributed by atoms with Crippen LogP contribution in [-0.2, 0) is 0 Å². The van der Waals surface area contributed by atoms with E-state index in [0.717, 1.165) is 37.3 Å². The number of piperidine rings is 1. The number of carbonyl (C=O) groups excluding carboxylic acids is 1. The Kier molecular flexibility index (Phi) is 4.62. The van der Waals surface area contributed by atoms with Crippen molar-refractivity contribution in [3.05, 3.63) is 58.3 Å². The molecule has 1 atom stereocenters. The van der Waals surface area contributed by atoms with Crippen molar-refractivity contribution < 1.29 is 4.79 Å². The van der Waals surface area contributed by atoms with Gasteiger partial charge < -0.3 is 10.2 Å². The number of rotatable bonds is 4. The normalized spacial score (nSPS) is 17.2. The lowest BCUT2D eigenvalue weighted by Gasteiger charge is -2.36. The van der Waals surface area contributed by atoms with E-state index < -0.39 is 0 Å². The van der Waals surface area contributed by atoms with Crippen molar-refractivity contribution in [1.82, 2.24) is 24.9 Å². The Bertz CT molecular complexity index is 1000. The number of carbonyl (C=O) groups is 1. The van der Waals surface area contributed by atoms with Crippen LogP contribution in [0.3, 0.4) is 0 Å². The van der Waals surface area contributed by atoms with Gasteiger partial charge in [0.25, 0.3) is 11.5 Å². The third-order valence-electron chi connectivity index (χ3n) is 5.00. The zero-order chi connectivity index (χ0) is 18.8. The zero-order valence-corrected chi connectivity index (χ0v) is 15.2. The number of nitrogens with zero attached hydrogens (tertiary/aromatic N) is 4. The highest BCUT2D eigenvalue weighted by Gasteiger charge is 2.25. The maximum atomic E-state index is 12.8. The smallest absolute Gasteiger partial charge is 0.270 e. The summed E-state index contributed by atoms with van der Waals surface area (Å²) in [7, 11) is 0. The lowest BCUT2D eigenvalue weighted by atomic mass is 10.0. The third-order valence-corrected chi connectivity index (χ3v) is 5.00. The van der Waals surface area contributed by atoms with E-state index in [4.69, 9.17) is 0 Å². The van der Waals surface area contributed by atoms with Crippen LogP contribution < -0.4 is 15.8 Å². The summed E-state index contributed by atoms with van der Waals surface area (Å²) >= 11 is 0. The van der Waals surface area contributed by atoms with Crippen LogP contribution >= 0.6 is 0 Å². The highest BCUT2D eigenvalue weighted by Crippen LogP contribution is 2.22. The van der Waals surface area contributed by atoms with Crippen LogP contribution in [0.4, 0.5) is 5.82 Å². The zero-order valence-electron chi connectivity index (χ0n) is 15.2. The van der Waals surface area contributed by atoms with Crippen molar-refractivity contribution in [2.45, 2.75) is 32.2 Å². The van der Waals surface area contributed by atoms with Crippen LogP contribution in [0.2, 0.25) is 0 Å². The largest absolute Gasteiger partial charge is 0.350 e. The summed E-state index contributed by atoms with van der Waals surface area (Å²) in [5, 5.41) is 9.69. The van der Waals surface area contributed by atoms with E-state index in [1.807, 2.05) is 35.7 Å². The van der Waals surface area contributed by atoms with Gasteiger partial charge in [-0.05, 0) is 44.4 Å². The summed E-state index contributed by atoms with van der Waals surface area (Å²) in [6, 6.07) is 9.02. The highest BCUT2D eigenvalue weighted by molar-refractivity contribution is 5.94. The number of imidazole rings is 1. The number of aromatic nitrogens is 4. The Morgan fingerprint density at radius 1 is 1.30 bits per heavy atom. The van der Waals surface area contributed by atoms with E-state index in [1.165, 1.54) is 6.07 Å². The highest BCUT2D eigenvalue weighted by atomic mass is 16.2. The van der Waals surface area contributed by atoms with E-state index in [9.17, 15) is 9.59 Å². The predicted molar refractivity (Wildman–Crippen MR) is 102 cm³/mol. The first kappa shape index (κ1) is 17.3. The minimum Gasteiger partial charge on any atom is -0.350 e. The van der Waals surface area contributed by atoms with Gasteiger partial charge >= 0.3 is 0 Å². The van der Waals surface area contributed by atoms with Gasteiger partial charge in [0.2, 0.25) is 0 Å². The number of hydrogen-bond acceptors (Lipinski definition) is 5. The van der Waals surface area contributed by atoms with Gasteiger partial charge in [-0.25, -0.2) is 10.1 Å². The van der Waals surface area contributed by atoms with Crippen LogP contribution in [0.15, 0.2) is 41.3 Å². The fourth-order valence-corrected chi connectivity index (χ4v) is 3.69. The predicted octanol–water partition coefficient (Wildman–Crippen LogP) is 1.51. The average molecular weight is 366 g/mol. The van der Waals surface area contributed by atoms with Gasteiger partial charge in [0, 0.05) is 31.4 Å². The minimum absolute atomic E-state index is 0.133. The quantitative estimate of drug-likeness (QED) is 0.730. The van der Waals surface area contributed by atoms with Gasteiger partial charge in [-0.15, -0.1) is 0 Å². The van der Waals surface area contributed by atoms with Crippen molar-refractivity contribution in [3.8, 4) is 0 Å². The molecular weight excluding hydrogens is 344 g/mol. The molecule has 1 amide bonds. The van der Waals surface area contributed by atoms with Crippen molar-refractivity contribution in [2.24, 2.45) is 0 Å². The van der Waals surface area contributed by atoms with Crippen LogP contribution in [0.25, 0.3) is 5.65 Å². The van der Waals surface area contributed by atoms with Gasteiger partial charge in [0.15, 0.2) is 0 Å². The molecule has 0 saturated carbocycles. The number of aryl methyl sites for hydroxylation is 1. The van der Waals surface area contributed by atoms with Gasteiger partial charge in [-0.2, -0.15) is 5.10 Å². The monoisotopic (exact) mass is 366 g/mol. The Morgan fingerprint density at radius 3 is 3.00 bits per heavy atom. The fourth-order valence-electron chi connectivity index (χ4n) is 3.69. The second-order valence-corrected chi connectivity index (χ2v) is 6.81. The lowest BCUT2D eigenvalue weighted by molar-refractivity contribution is 0.0943. The number of fused-ring (bicyclic) bond motifs is 1. The van der Waals surface area contributed by atoms with Crippen molar-refractivity contribution in [2.75, 3.05) is 18.0 Å². The summed E-state index contributed by atoms with van der Waals surface area (Å²) in [5.41, 5.74) is 1.82. The molecule has 140 valence electrons. The Morgan fingerprint density at radius 2 is 2.19 bits per heavy atom. The molecule has 0 spiro atoms. The molecule has 1 unspecified atom stereocenters. The van der Waals surface area contributed by atoms with Crippen LogP contribution in [0, 0.1) is 6.92 Å². The molecule has 3 aromatic heterocycles. The van der Waals surface area contributed by atoms with Gasteiger partial charge in [-0.1, -0.05) is 6.07 Å². The summed E-state index contributed by atoms with van der Waals surface area (Å²) in [6.07, 6.45) is 4.99. The van der Waals surface area contributed by atoms with Crippen molar-refractivity contribution in [3.63, 3.8) is 0 Å². The first-order chi connectivity index (χ1) is 13.1. The fraction of sp³-hybridized carbons (Fsp3) is 0.368. The van der Waals surface area contributed by atoms with Gasteiger partial charge in [0.1, 0.15) is 17.2 Å². The molecule has 4 rings (SSSR count). The molecule has 8 nitrogen and oxygen atoms in total. The Balaban J connectivity index is 1.50. The summed E-state index contributed by atoms with van der Waals surface area (Å²) in [4.78, 5) is 30.7. The molecule has 1 saturated heterocycles. The van der Waals surface area contributed by atoms with Crippen LogP contribution in [0.5, 0.6) is 0 Å². The molecule has 0 aromatic carbocycles. The molecule has 3 aromatic rings. The Hall–Kier alpha value is -3.16. The van der Waals surface area contributed by atoms with E-state index in [-0.39, 0.29) is 17.5 Å². The molecule has 27 heavy (non-hydrogen) atoms. The SMILES string of the molecule is Cc1nc2ccccn2c1C(=O)NCC1CCCCN1c1ccc(=O)[nH]n1. The van der Waals surface area contributed by atoms with Crippen LogP contribution in [0.1, 0.15) is 35.4 Å². The number of nitrogens with one attached hydrogen (secondary N) is 2. The molecule has 1 aliphatic rings. The number of aromatic amines is 1. The van der Waals surface area contributed by atoms with E-state index in [2.05, 4.69) is 25.4 Å². The molecule has 8 heteroatoms. The van der Waals surface area contributed by atoms with E-state index in [0.29, 0.717) is 17.9 Å². The second kappa shape index (κ2) is 7.22. The summed E-state index contributed by atoms with van der Waals surface area (Å²) < 4.78 is 1.81. The van der Waals surface area contributed by atoms with Gasteiger partial charge in [0.05, 0.1) is 5.69 Å². The van der Waals surface area contributed by atoms with Crippen LogP contribution in [-0.4, -0.2) is 44.6 Å². The second-order valence-electron chi connectivity index (χ2n) is 6.81. The summed E-state index contributed by atoms with van der Waals surface area (Å²) in [6.45, 7) is 3.21. The third kappa shape index (κ3) is 3.42. The molecule has 1 fully saturated rings. The molecular formula is C19H22N6O2. The molecule has 4 heterocycles. The topological polar surface area (TPSA) is 95.4 Å². The lowest BCUT2D eigenvalue weighted by Crippen LogP contribution is -2.47. The van der Waals surface area contributed by atoms with Crippen molar-refractivity contribution >= 4 is 17.4 Å². The minimum atomic E-state index is -0.219. The molecule has 0 radical (unpaired) electrons. The standard InChI is InChI=1S/C19H22N6O2/c1-13-18(25-11-5-3-7-15(25)21-13)19(27)20-12-14-6-2-4-10-24(14)16-8-9-17(26)23-22-16/h3,5,7-9,11,14H,2,4,6,10,12H2,1H3,(H,20,27)(H,23,26). The first-order valence-electron chi connectivity index (χ1n) is 9.18. The maximum absolute atomic E-state index is 12.8. The van der Waals surface area contributed by atoms with Crippen molar-refractivity contribution in [1.29, 1.82) is 0 Å². The van der Waals surface area contributed by atoms with E-state index >= 15 is 0 Å². The average Bonchev–Trinajstić information content (AvgIpc) is 3.03. The number of hydrogen-bond donors (Lipinski definition) is 2. The Labute approximate surface area is 156 Å². The number of anilines is 1. The molecule has 2 N–H and O–H groups in total.